The predicted octanol–water partition coefficient (Wildman–Crippen LogP) is 3.52. The van der Waals surface area contributed by atoms with Gasteiger partial charge in [0, 0.05) is 11.8 Å². The number of carbonyl (C=O) groups excluding carboxylic acids is 1. The van der Waals surface area contributed by atoms with Crippen molar-refractivity contribution >= 4 is 17.3 Å². The predicted molar refractivity (Wildman–Crippen MR) is 93.0 cm³/mol. The number of nitrogens with one attached hydrogen (secondary N) is 2. The van der Waals surface area contributed by atoms with Gasteiger partial charge in [-0.1, -0.05) is 0 Å². The van der Waals surface area contributed by atoms with E-state index in [9.17, 15) is 4.79 Å². The van der Waals surface area contributed by atoms with Gasteiger partial charge in [0.15, 0.2) is 0 Å². The molecule has 1 amide bonds. The van der Waals surface area contributed by atoms with Crippen molar-refractivity contribution < 1.29 is 19.1 Å². The molecule has 0 aliphatic carbocycles. The van der Waals surface area contributed by atoms with Gasteiger partial charge in [-0.2, -0.15) is 0 Å². The number of hydrogen-bond donors (Lipinski definition) is 2. The van der Waals surface area contributed by atoms with Crippen LogP contribution in [-0.2, 0) is 4.84 Å². The number of anilines is 2. The van der Waals surface area contributed by atoms with Crippen molar-refractivity contribution in [3.8, 4) is 11.5 Å². The van der Waals surface area contributed by atoms with Crippen LogP contribution >= 0.6 is 0 Å². The number of hydrogen-bond acceptors (Lipinski definition) is 5. The molecule has 6 nitrogen and oxygen atoms in total. The summed E-state index contributed by atoms with van der Waals surface area (Å²) in [7, 11) is 1.62. The van der Waals surface area contributed by atoms with E-state index >= 15 is 0 Å². The highest BCUT2D eigenvalue weighted by Crippen LogP contribution is 2.27. The Morgan fingerprint density at radius 1 is 1.00 bits per heavy atom. The Bertz CT molecular complexity index is 671. The molecule has 128 valence electrons. The Morgan fingerprint density at radius 2 is 1.71 bits per heavy atom. The van der Waals surface area contributed by atoms with Gasteiger partial charge in [0.1, 0.15) is 11.5 Å². The molecule has 2 aromatic carbocycles. The van der Waals surface area contributed by atoms with Crippen LogP contribution in [0.2, 0.25) is 0 Å². The second kappa shape index (κ2) is 8.79. The van der Waals surface area contributed by atoms with Crippen LogP contribution in [0.1, 0.15) is 24.2 Å². The molecule has 6 heteroatoms. The molecular formula is C18H22N2O4. The molecule has 0 fully saturated rings. The highest BCUT2D eigenvalue weighted by molar-refractivity contribution is 6.00. The zero-order valence-corrected chi connectivity index (χ0v) is 14.1. The molecule has 0 aromatic heterocycles. The minimum absolute atomic E-state index is 0.323. The topological polar surface area (TPSA) is 68.8 Å². The summed E-state index contributed by atoms with van der Waals surface area (Å²) >= 11 is 0. The van der Waals surface area contributed by atoms with Gasteiger partial charge < -0.3 is 14.8 Å². The smallest absolute Gasteiger partial charge is 0.276 e. The van der Waals surface area contributed by atoms with Crippen LogP contribution in [-0.4, -0.2) is 26.2 Å². The summed E-state index contributed by atoms with van der Waals surface area (Å²) in [4.78, 5) is 17.2. The maximum Gasteiger partial charge on any atom is 0.276 e. The summed E-state index contributed by atoms with van der Waals surface area (Å²) in [5.41, 5.74) is 4.32. The van der Waals surface area contributed by atoms with E-state index in [-0.39, 0.29) is 5.91 Å². The number of hydroxylamine groups is 1. The second-order valence-electron chi connectivity index (χ2n) is 4.86. The zero-order chi connectivity index (χ0) is 17.4. The molecule has 2 N–H and O–H groups in total. The van der Waals surface area contributed by atoms with Gasteiger partial charge in [-0.15, -0.1) is 0 Å². The van der Waals surface area contributed by atoms with Crippen LogP contribution in [0.15, 0.2) is 42.5 Å². The second-order valence-corrected chi connectivity index (χ2v) is 4.86. The molecule has 0 heterocycles. The van der Waals surface area contributed by atoms with Crippen LogP contribution in [0.5, 0.6) is 11.5 Å². The number of amides is 1. The summed E-state index contributed by atoms with van der Waals surface area (Å²) in [6.07, 6.45) is 0. The van der Waals surface area contributed by atoms with Gasteiger partial charge >= 0.3 is 0 Å². The first kappa shape index (κ1) is 17.6. The molecule has 0 spiro atoms. The van der Waals surface area contributed by atoms with Crippen LogP contribution in [0.3, 0.4) is 0 Å². The molecule has 2 aromatic rings. The standard InChI is InChI=1S/C18H22N2O4/c1-4-23-15-10-11-16(18(21)20-24-5-2)17(12-15)19-13-6-8-14(22-3)9-7-13/h6-12,19H,4-5H2,1-3H3,(H,20,21). The van der Waals surface area contributed by atoms with Crippen molar-refractivity contribution in [2.75, 3.05) is 25.6 Å². The molecule has 24 heavy (non-hydrogen) atoms. The van der Waals surface area contributed by atoms with Crippen LogP contribution in [0, 0.1) is 0 Å². The number of carbonyl (C=O) groups is 1. The highest BCUT2D eigenvalue weighted by Gasteiger charge is 2.13. The SMILES string of the molecule is CCONC(=O)c1ccc(OCC)cc1Nc1ccc(OC)cc1. The van der Waals surface area contributed by atoms with Crippen molar-refractivity contribution in [1.29, 1.82) is 0 Å². The Balaban J connectivity index is 2.28. The molecular weight excluding hydrogens is 308 g/mol. The Kier molecular flexibility index (Phi) is 6.45. The lowest BCUT2D eigenvalue weighted by Gasteiger charge is -2.14. The third-order valence-corrected chi connectivity index (χ3v) is 3.22. The maximum atomic E-state index is 12.2. The van der Waals surface area contributed by atoms with E-state index in [0.717, 1.165) is 11.4 Å². The average molecular weight is 330 g/mol. The number of benzene rings is 2. The minimum atomic E-state index is -0.323. The molecule has 0 aliphatic heterocycles. The normalized spacial score (nSPS) is 10.1. The van der Waals surface area contributed by atoms with E-state index in [4.69, 9.17) is 14.3 Å². The Morgan fingerprint density at radius 3 is 2.33 bits per heavy atom. The monoisotopic (exact) mass is 330 g/mol. The molecule has 0 bridgehead atoms. The van der Waals surface area contributed by atoms with Crippen molar-refractivity contribution in [3.05, 3.63) is 48.0 Å². The summed E-state index contributed by atoms with van der Waals surface area (Å²) in [5.74, 6) is 1.12. The quantitative estimate of drug-likeness (QED) is 0.725. The van der Waals surface area contributed by atoms with Gasteiger partial charge in [-0.25, -0.2) is 5.48 Å². The van der Waals surface area contributed by atoms with E-state index in [2.05, 4.69) is 10.8 Å². The van der Waals surface area contributed by atoms with Crippen LogP contribution in [0.25, 0.3) is 0 Å². The zero-order valence-electron chi connectivity index (χ0n) is 14.1. The molecule has 0 radical (unpaired) electrons. The number of methoxy groups -OCH3 is 1. The molecule has 0 saturated heterocycles. The fourth-order valence-corrected chi connectivity index (χ4v) is 2.10. The summed E-state index contributed by atoms with van der Waals surface area (Å²) < 4.78 is 10.7. The lowest BCUT2D eigenvalue weighted by molar-refractivity contribution is 0.0365. The molecule has 0 aliphatic rings. The van der Waals surface area contributed by atoms with Gasteiger partial charge in [-0.3, -0.25) is 9.63 Å². The van der Waals surface area contributed by atoms with Crippen molar-refractivity contribution in [1.82, 2.24) is 5.48 Å². The summed E-state index contributed by atoms with van der Waals surface area (Å²) in [6, 6.07) is 12.7. The largest absolute Gasteiger partial charge is 0.497 e. The van der Waals surface area contributed by atoms with Crippen molar-refractivity contribution in [3.63, 3.8) is 0 Å². The van der Waals surface area contributed by atoms with Gasteiger partial charge in [0.25, 0.3) is 5.91 Å². The summed E-state index contributed by atoms with van der Waals surface area (Å²) in [5, 5.41) is 3.23. The van der Waals surface area contributed by atoms with Crippen molar-refractivity contribution in [2.24, 2.45) is 0 Å². The summed E-state index contributed by atoms with van der Waals surface area (Å²) in [6.45, 7) is 4.65. The molecule has 2 rings (SSSR count). The fourth-order valence-electron chi connectivity index (χ4n) is 2.10. The molecule has 0 atom stereocenters. The van der Waals surface area contributed by atoms with Crippen LogP contribution in [0.4, 0.5) is 11.4 Å². The average Bonchev–Trinajstić information content (AvgIpc) is 2.61. The Hall–Kier alpha value is -2.73. The van der Waals surface area contributed by atoms with E-state index in [0.29, 0.717) is 30.2 Å². The number of ether oxygens (including phenoxy) is 2. The third kappa shape index (κ3) is 4.63. The molecule has 0 unspecified atom stereocenters. The van der Waals surface area contributed by atoms with Gasteiger partial charge in [0.05, 0.1) is 31.6 Å². The van der Waals surface area contributed by atoms with Gasteiger partial charge in [0.2, 0.25) is 0 Å². The highest BCUT2D eigenvalue weighted by atomic mass is 16.6. The van der Waals surface area contributed by atoms with E-state index in [1.54, 1.807) is 32.2 Å². The van der Waals surface area contributed by atoms with E-state index in [1.807, 2.05) is 31.2 Å². The Labute approximate surface area is 141 Å². The first-order valence-electron chi connectivity index (χ1n) is 7.78. The lowest BCUT2D eigenvalue weighted by Crippen LogP contribution is -2.24. The van der Waals surface area contributed by atoms with Gasteiger partial charge in [-0.05, 0) is 50.2 Å². The van der Waals surface area contributed by atoms with E-state index in [1.165, 1.54) is 0 Å². The van der Waals surface area contributed by atoms with Crippen molar-refractivity contribution in [2.45, 2.75) is 13.8 Å². The first-order chi connectivity index (χ1) is 11.7. The fraction of sp³-hybridized carbons (Fsp3) is 0.278. The lowest BCUT2D eigenvalue weighted by atomic mass is 10.1. The minimum Gasteiger partial charge on any atom is -0.497 e. The first-order valence-corrected chi connectivity index (χ1v) is 7.78. The van der Waals surface area contributed by atoms with E-state index < -0.39 is 0 Å². The third-order valence-electron chi connectivity index (χ3n) is 3.22. The maximum absolute atomic E-state index is 12.2. The van der Waals surface area contributed by atoms with Crippen LogP contribution < -0.4 is 20.3 Å². The molecule has 0 saturated carbocycles. The number of rotatable bonds is 8.